The zero-order valence-corrected chi connectivity index (χ0v) is 8.22. The second-order valence-electron chi connectivity index (χ2n) is 3.02. The third-order valence-electron chi connectivity index (χ3n) is 1.95. The normalized spacial score (nSPS) is 10.3. The maximum atomic E-state index is 9.47. The van der Waals surface area contributed by atoms with Gasteiger partial charge in [0.15, 0.2) is 0 Å². The predicted molar refractivity (Wildman–Crippen MR) is 55.1 cm³/mol. The van der Waals surface area contributed by atoms with Crippen LogP contribution in [0.1, 0.15) is 18.4 Å². The van der Waals surface area contributed by atoms with Crippen molar-refractivity contribution < 1.29 is 5.11 Å². The molecule has 3 heteroatoms. The third-order valence-corrected chi connectivity index (χ3v) is 2.18. The fraction of sp³-hybridized carbons (Fsp3) is 0.400. The quantitative estimate of drug-likeness (QED) is 0.732. The average molecular weight is 200 g/mol. The van der Waals surface area contributed by atoms with E-state index in [-0.39, 0.29) is 5.75 Å². The molecule has 2 nitrogen and oxygen atoms in total. The Labute approximate surface area is 83.3 Å². The van der Waals surface area contributed by atoms with Gasteiger partial charge in [0.25, 0.3) is 0 Å². The van der Waals surface area contributed by atoms with Crippen LogP contribution in [-0.2, 0) is 6.42 Å². The topological polar surface area (TPSA) is 46.2 Å². The molecule has 0 saturated carbocycles. The molecule has 13 heavy (non-hydrogen) atoms. The average Bonchev–Trinajstić information content (AvgIpc) is 2.09. The summed E-state index contributed by atoms with van der Waals surface area (Å²) in [5, 5.41) is 10.0. The van der Waals surface area contributed by atoms with E-state index in [1.54, 1.807) is 12.1 Å². The molecular weight excluding hydrogens is 186 g/mol. The van der Waals surface area contributed by atoms with E-state index in [1.807, 2.05) is 6.07 Å². The molecule has 72 valence electrons. The molecule has 0 spiro atoms. The molecule has 3 N–H and O–H groups in total. The van der Waals surface area contributed by atoms with E-state index in [0.717, 1.165) is 24.8 Å². The lowest BCUT2D eigenvalue weighted by atomic mass is 10.1. The number of phenolic OH excluding ortho intramolecular Hbond substituents is 1. The first kappa shape index (κ1) is 10.4. The lowest BCUT2D eigenvalue weighted by Gasteiger charge is -2.03. The number of halogens is 1. The fourth-order valence-electron chi connectivity index (χ4n) is 1.21. The van der Waals surface area contributed by atoms with E-state index in [4.69, 9.17) is 17.3 Å². The van der Waals surface area contributed by atoms with Crippen molar-refractivity contribution in [3.8, 4) is 5.75 Å². The molecule has 0 atom stereocenters. The highest BCUT2D eigenvalue weighted by atomic mass is 35.5. The Morgan fingerprint density at radius 1 is 1.31 bits per heavy atom. The number of aryl methyl sites for hydroxylation is 1. The minimum Gasteiger partial charge on any atom is -0.508 e. The number of benzene rings is 1. The van der Waals surface area contributed by atoms with Crippen LogP contribution in [0.4, 0.5) is 0 Å². The first-order valence-electron chi connectivity index (χ1n) is 4.41. The molecule has 0 aliphatic rings. The Bertz CT molecular complexity index is 276. The Morgan fingerprint density at radius 3 is 2.69 bits per heavy atom. The summed E-state index contributed by atoms with van der Waals surface area (Å²) in [6.45, 7) is 0.703. The van der Waals surface area contributed by atoms with Gasteiger partial charge in [-0.2, -0.15) is 0 Å². The molecule has 0 heterocycles. The fourth-order valence-corrected chi connectivity index (χ4v) is 1.37. The second-order valence-corrected chi connectivity index (χ2v) is 3.46. The second kappa shape index (κ2) is 5.10. The Hall–Kier alpha value is -0.730. The monoisotopic (exact) mass is 199 g/mol. The minimum atomic E-state index is 0.282. The smallest absolute Gasteiger partial charge is 0.120 e. The van der Waals surface area contributed by atoms with Crippen LogP contribution in [0.5, 0.6) is 5.75 Å². The Kier molecular flexibility index (Phi) is 4.06. The van der Waals surface area contributed by atoms with Gasteiger partial charge < -0.3 is 10.8 Å². The van der Waals surface area contributed by atoms with Gasteiger partial charge in [0, 0.05) is 5.02 Å². The van der Waals surface area contributed by atoms with Crippen molar-refractivity contribution in [2.75, 3.05) is 6.54 Å². The first-order chi connectivity index (χ1) is 6.24. The van der Waals surface area contributed by atoms with Crippen molar-refractivity contribution >= 4 is 11.6 Å². The summed E-state index contributed by atoms with van der Waals surface area (Å²) in [6, 6.07) is 5.21. The maximum Gasteiger partial charge on any atom is 0.120 e. The molecule has 0 aliphatic heterocycles. The van der Waals surface area contributed by atoms with Crippen LogP contribution in [0, 0.1) is 0 Å². The SMILES string of the molecule is NCCCCc1ccc(Cl)cc1O. The highest BCUT2D eigenvalue weighted by Crippen LogP contribution is 2.23. The van der Waals surface area contributed by atoms with E-state index in [2.05, 4.69) is 0 Å². The van der Waals surface area contributed by atoms with E-state index >= 15 is 0 Å². The van der Waals surface area contributed by atoms with E-state index < -0.39 is 0 Å². The van der Waals surface area contributed by atoms with Crippen LogP contribution in [0.3, 0.4) is 0 Å². The summed E-state index contributed by atoms with van der Waals surface area (Å²) in [5.41, 5.74) is 6.31. The molecule has 0 bridgehead atoms. The minimum absolute atomic E-state index is 0.282. The standard InChI is InChI=1S/C10H14ClNO/c11-9-5-4-8(10(13)7-9)3-1-2-6-12/h4-5,7,13H,1-3,6,12H2. The molecule has 0 aromatic heterocycles. The van der Waals surface area contributed by atoms with Crippen molar-refractivity contribution in [1.29, 1.82) is 0 Å². The molecule has 0 fully saturated rings. The molecular formula is C10H14ClNO. The largest absolute Gasteiger partial charge is 0.508 e. The maximum absolute atomic E-state index is 9.47. The summed E-state index contributed by atoms with van der Waals surface area (Å²) in [4.78, 5) is 0. The number of hydrogen-bond donors (Lipinski definition) is 2. The van der Waals surface area contributed by atoms with E-state index in [0.29, 0.717) is 11.6 Å². The number of aromatic hydroxyl groups is 1. The highest BCUT2D eigenvalue weighted by molar-refractivity contribution is 6.30. The summed E-state index contributed by atoms with van der Waals surface area (Å²) < 4.78 is 0. The van der Waals surface area contributed by atoms with Crippen LogP contribution in [0.25, 0.3) is 0 Å². The zero-order valence-electron chi connectivity index (χ0n) is 7.46. The summed E-state index contributed by atoms with van der Waals surface area (Å²) in [6.07, 6.45) is 2.86. The number of unbranched alkanes of at least 4 members (excludes halogenated alkanes) is 1. The molecule has 1 aromatic carbocycles. The van der Waals surface area contributed by atoms with Crippen LogP contribution < -0.4 is 5.73 Å². The Balaban J connectivity index is 2.56. The molecule has 1 rings (SSSR count). The number of phenols is 1. The lowest BCUT2D eigenvalue weighted by Crippen LogP contribution is -1.99. The Morgan fingerprint density at radius 2 is 2.08 bits per heavy atom. The number of hydrogen-bond acceptors (Lipinski definition) is 2. The van der Waals surface area contributed by atoms with Crippen molar-refractivity contribution in [2.24, 2.45) is 5.73 Å². The summed E-state index contributed by atoms with van der Waals surface area (Å²) >= 11 is 5.70. The summed E-state index contributed by atoms with van der Waals surface area (Å²) in [5.74, 6) is 0.282. The van der Waals surface area contributed by atoms with Crippen molar-refractivity contribution in [3.63, 3.8) is 0 Å². The zero-order chi connectivity index (χ0) is 9.68. The van der Waals surface area contributed by atoms with Crippen molar-refractivity contribution in [1.82, 2.24) is 0 Å². The number of rotatable bonds is 4. The van der Waals surface area contributed by atoms with Crippen molar-refractivity contribution in [2.45, 2.75) is 19.3 Å². The van der Waals surface area contributed by atoms with Gasteiger partial charge >= 0.3 is 0 Å². The van der Waals surface area contributed by atoms with E-state index in [1.165, 1.54) is 0 Å². The third kappa shape index (κ3) is 3.25. The first-order valence-corrected chi connectivity index (χ1v) is 4.79. The molecule has 0 radical (unpaired) electrons. The van der Waals surface area contributed by atoms with Crippen molar-refractivity contribution in [3.05, 3.63) is 28.8 Å². The van der Waals surface area contributed by atoms with Gasteiger partial charge in [0.05, 0.1) is 0 Å². The highest BCUT2D eigenvalue weighted by Gasteiger charge is 2.00. The molecule has 0 unspecified atom stereocenters. The predicted octanol–water partition coefficient (Wildman–Crippen LogP) is 2.33. The van der Waals surface area contributed by atoms with Crippen LogP contribution in [-0.4, -0.2) is 11.7 Å². The number of nitrogens with two attached hydrogens (primary N) is 1. The summed E-state index contributed by atoms with van der Waals surface area (Å²) in [7, 11) is 0. The molecule has 1 aromatic rings. The van der Waals surface area contributed by atoms with Gasteiger partial charge in [-0.1, -0.05) is 17.7 Å². The van der Waals surface area contributed by atoms with Gasteiger partial charge in [-0.15, -0.1) is 0 Å². The van der Waals surface area contributed by atoms with Crippen LogP contribution in [0.15, 0.2) is 18.2 Å². The molecule has 0 amide bonds. The van der Waals surface area contributed by atoms with Gasteiger partial charge in [0.2, 0.25) is 0 Å². The van der Waals surface area contributed by atoms with Gasteiger partial charge in [0.1, 0.15) is 5.75 Å². The van der Waals surface area contributed by atoms with Gasteiger partial charge in [-0.25, -0.2) is 0 Å². The molecule has 0 aliphatic carbocycles. The van der Waals surface area contributed by atoms with Gasteiger partial charge in [-0.05, 0) is 43.5 Å². The lowest BCUT2D eigenvalue weighted by molar-refractivity contribution is 0.467. The van der Waals surface area contributed by atoms with Crippen LogP contribution in [0.2, 0.25) is 5.02 Å². The van der Waals surface area contributed by atoms with Gasteiger partial charge in [-0.3, -0.25) is 0 Å². The molecule has 0 saturated heterocycles. The van der Waals surface area contributed by atoms with Crippen LogP contribution >= 0.6 is 11.6 Å². The van der Waals surface area contributed by atoms with E-state index in [9.17, 15) is 5.11 Å².